The molecule has 1 aromatic carbocycles. The number of hydrogen-bond acceptors (Lipinski definition) is 4. The molecule has 2 aromatic heterocycles. The van der Waals surface area contributed by atoms with Gasteiger partial charge in [0, 0.05) is 32.0 Å². The van der Waals surface area contributed by atoms with Crippen LogP contribution < -0.4 is 10.2 Å². The van der Waals surface area contributed by atoms with Crippen molar-refractivity contribution in [1.29, 1.82) is 0 Å². The fourth-order valence-corrected chi connectivity index (χ4v) is 3.39. The molecule has 1 unspecified atom stereocenters. The van der Waals surface area contributed by atoms with Crippen LogP contribution in [0.4, 0.5) is 5.69 Å². The number of rotatable bonds is 6. The molecule has 3 aromatic rings. The Bertz CT molecular complexity index is 875. The Morgan fingerprint density at radius 1 is 1.27 bits per heavy atom. The fraction of sp³-hybridized carbons (Fsp3) is 0.211. The van der Waals surface area contributed by atoms with E-state index in [4.69, 9.17) is 0 Å². The van der Waals surface area contributed by atoms with E-state index in [0.717, 1.165) is 0 Å². The van der Waals surface area contributed by atoms with E-state index in [1.165, 1.54) is 16.2 Å². The number of nitrogens with one attached hydrogen (secondary N) is 1. The van der Waals surface area contributed by atoms with Crippen LogP contribution in [0, 0.1) is 0 Å². The van der Waals surface area contributed by atoms with E-state index >= 15 is 0 Å². The predicted octanol–water partition coefficient (Wildman–Crippen LogP) is 3.04. The Morgan fingerprint density at radius 2 is 2.08 bits per heavy atom. The number of anilines is 1. The SMILES string of the molecule is CC(Cn1ccnc1)NC(=O)c1ccccc1N(C)C(=O)c1cccs1. The number of nitrogens with zero attached hydrogens (tertiary/aromatic N) is 3. The van der Waals surface area contributed by atoms with Gasteiger partial charge in [-0.25, -0.2) is 4.98 Å². The molecule has 0 aliphatic heterocycles. The van der Waals surface area contributed by atoms with E-state index in [1.807, 2.05) is 35.2 Å². The minimum Gasteiger partial charge on any atom is -0.348 e. The van der Waals surface area contributed by atoms with Crippen LogP contribution in [0.15, 0.2) is 60.5 Å². The molecule has 1 atom stereocenters. The summed E-state index contributed by atoms with van der Waals surface area (Å²) in [5.41, 5.74) is 1.05. The van der Waals surface area contributed by atoms with Crippen molar-refractivity contribution in [2.45, 2.75) is 19.5 Å². The number of hydrogen-bond donors (Lipinski definition) is 1. The van der Waals surface area contributed by atoms with Crippen molar-refractivity contribution in [3.8, 4) is 0 Å². The van der Waals surface area contributed by atoms with Gasteiger partial charge in [-0.15, -0.1) is 11.3 Å². The molecule has 2 amide bonds. The maximum atomic E-state index is 12.7. The van der Waals surface area contributed by atoms with Gasteiger partial charge in [-0.3, -0.25) is 9.59 Å². The zero-order valence-corrected chi connectivity index (χ0v) is 15.4. The third kappa shape index (κ3) is 4.00. The summed E-state index contributed by atoms with van der Waals surface area (Å²) in [6, 6.07) is 10.7. The lowest BCUT2D eigenvalue weighted by molar-refractivity contribution is 0.0937. The summed E-state index contributed by atoms with van der Waals surface area (Å²) < 4.78 is 1.91. The molecule has 2 heterocycles. The number of carbonyl (C=O) groups is 2. The largest absolute Gasteiger partial charge is 0.348 e. The summed E-state index contributed by atoms with van der Waals surface area (Å²) in [4.78, 5) is 31.5. The first-order valence-corrected chi connectivity index (χ1v) is 9.11. The zero-order chi connectivity index (χ0) is 18.5. The lowest BCUT2D eigenvalue weighted by Crippen LogP contribution is -2.37. The lowest BCUT2D eigenvalue weighted by Gasteiger charge is -2.21. The standard InChI is InChI=1S/C19H20N4O2S/c1-14(12-23-10-9-20-13-23)21-18(24)15-6-3-4-7-16(15)22(2)19(25)17-8-5-11-26-17/h3-11,13-14H,12H2,1-2H3,(H,21,24). The van der Waals surface area contributed by atoms with Crippen molar-refractivity contribution in [3.63, 3.8) is 0 Å². The van der Waals surface area contributed by atoms with Gasteiger partial charge in [0.15, 0.2) is 0 Å². The van der Waals surface area contributed by atoms with E-state index in [-0.39, 0.29) is 17.9 Å². The van der Waals surface area contributed by atoms with Gasteiger partial charge in [-0.1, -0.05) is 18.2 Å². The van der Waals surface area contributed by atoms with Crippen LogP contribution in [0.2, 0.25) is 0 Å². The fourth-order valence-electron chi connectivity index (χ4n) is 2.69. The topological polar surface area (TPSA) is 67.2 Å². The first-order valence-electron chi connectivity index (χ1n) is 8.23. The molecule has 0 saturated carbocycles. The van der Waals surface area contributed by atoms with Crippen LogP contribution >= 0.6 is 11.3 Å². The first kappa shape index (κ1) is 17.9. The number of amides is 2. The van der Waals surface area contributed by atoms with Crippen molar-refractivity contribution < 1.29 is 9.59 Å². The van der Waals surface area contributed by atoms with Gasteiger partial charge >= 0.3 is 0 Å². The van der Waals surface area contributed by atoms with Gasteiger partial charge in [0.25, 0.3) is 11.8 Å². The molecule has 26 heavy (non-hydrogen) atoms. The second-order valence-corrected chi connectivity index (χ2v) is 6.94. The highest BCUT2D eigenvalue weighted by Crippen LogP contribution is 2.22. The maximum absolute atomic E-state index is 12.7. The maximum Gasteiger partial charge on any atom is 0.268 e. The van der Waals surface area contributed by atoms with E-state index in [9.17, 15) is 9.59 Å². The van der Waals surface area contributed by atoms with Crippen molar-refractivity contribution in [2.24, 2.45) is 0 Å². The summed E-state index contributed by atoms with van der Waals surface area (Å²) in [6.07, 6.45) is 5.27. The molecule has 0 saturated heterocycles. The molecule has 1 N–H and O–H groups in total. The Labute approximate surface area is 156 Å². The number of imidazole rings is 1. The van der Waals surface area contributed by atoms with Gasteiger partial charge in [0.1, 0.15) is 0 Å². The highest BCUT2D eigenvalue weighted by atomic mass is 32.1. The first-order chi connectivity index (χ1) is 12.6. The molecular formula is C19H20N4O2S. The van der Waals surface area contributed by atoms with E-state index < -0.39 is 0 Å². The van der Waals surface area contributed by atoms with Crippen molar-refractivity contribution in [1.82, 2.24) is 14.9 Å². The Morgan fingerprint density at radius 3 is 2.77 bits per heavy atom. The number of para-hydroxylation sites is 1. The van der Waals surface area contributed by atoms with Gasteiger partial charge in [0.2, 0.25) is 0 Å². The molecule has 3 rings (SSSR count). The van der Waals surface area contributed by atoms with Gasteiger partial charge < -0.3 is 14.8 Å². The van der Waals surface area contributed by atoms with E-state index in [2.05, 4.69) is 10.3 Å². The van der Waals surface area contributed by atoms with Crippen LogP contribution in [0.5, 0.6) is 0 Å². The number of benzene rings is 1. The molecule has 0 radical (unpaired) electrons. The third-order valence-electron chi connectivity index (χ3n) is 3.97. The Kier molecular flexibility index (Phi) is 5.48. The van der Waals surface area contributed by atoms with Crippen LogP contribution in [0.3, 0.4) is 0 Å². The van der Waals surface area contributed by atoms with Gasteiger partial charge in [-0.05, 0) is 30.5 Å². The van der Waals surface area contributed by atoms with Gasteiger partial charge in [0.05, 0.1) is 22.5 Å². The summed E-state index contributed by atoms with van der Waals surface area (Å²) in [5.74, 6) is -0.342. The van der Waals surface area contributed by atoms with Crippen molar-refractivity contribution in [2.75, 3.05) is 11.9 Å². The summed E-state index contributed by atoms with van der Waals surface area (Å²) >= 11 is 1.38. The van der Waals surface area contributed by atoms with Crippen LogP contribution in [-0.4, -0.2) is 34.5 Å². The molecule has 0 bridgehead atoms. The molecule has 0 fully saturated rings. The third-order valence-corrected chi connectivity index (χ3v) is 4.83. The highest BCUT2D eigenvalue weighted by molar-refractivity contribution is 7.12. The van der Waals surface area contributed by atoms with Crippen molar-refractivity contribution >= 4 is 28.8 Å². The number of aromatic nitrogens is 2. The monoisotopic (exact) mass is 368 g/mol. The zero-order valence-electron chi connectivity index (χ0n) is 14.6. The number of thiophene rings is 1. The van der Waals surface area contributed by atoms with Crippen molar-refractivity contribution in [3.05, 3.63) is 70.9 Å². The quantitative estimate of drug-likeness (QED) is 0.727. The normalized spacial score (nSPS) is 11.8. The molecular weight excluding hydrogens is 348 g/mol. The molecule has 0 spiro atoms. The minimum atomic E-state index is -0.209. The second-order valence-electron chi connectivity index (χ2n) is 5.99. The predicted molar refractivity (Wildman–Crippen MR) is 103 cm³/mol. The summed E-state index contributed by atoms with van der Waals surface area (Å²) in [7, 11) is 1.68. The second kappa shape index (κ2) is 7.97. The van der Waals surface area contributed by atoms with Crippen LogP contribution in [-0.2, 0) is 6.54 Å². The molecule has 6 nitrogen and oxygen atoms in total. The highest BCUT2D eigenvalue weighted by Gasteiger charge is 2.21. The average Bonchev–Trinajstić information content (AvgIpc) is 3.34. The lowest BCUT2D eigenvalue weighted by atomic mass is 10.1. The van der Waals surface area contributed by atoms with Crippen LogP contribution in [0.1, 0.15) is 27.0 Å². The molecule has 134 valence electrons. The summed E-state index contributed by atoms with van der Waals surface area (Å²) in [6.45, 7) is 2.55. The molecule has 0 aliphatic carbocycles. The van der Waals surface area contributed by atoms with E-state index in [0.29, 0.717) is 22.7 Å². The molecule has 7 heteroatoms. The van der Waals surface area contributed by atoms with Crippen LogP contribution in [0.25, 0.3) is 0 Å². The molecule has 0 aliphatic rings. The summed E-state index contributed by atoms with van der Waals surface area (Å²) in [5, 5.41) is 4.84. The number of carbonyl (C=O) groups excluding carboxylic acids is 2. The van der Waals surface area contributed by atoms with E-state index in [1.54, 1.807) is 43.8 Å². The smallest absolute Gasteiger partial charge is 0.268 e. The average molecular weight is 368 g/mol. The van der Waals surface area contributed by atoms with Gasteiger partial charge in [-0.2, -0.15) is 0 Å². The Hall–Kier alpha value is -2.93. The Balaban J connectivity index is 1.75. The minimum absolute atomic E-state index is 0.0805.